The minimum Gasteiger partial charge on any atom is -0.356 e. The molecule has 0 fully saturated rings. The Bertz CT molecular complexity index is 518. The molecule has 1 rings (SSSR count). The summed E-state index contributed by atoms with van der Waals surface area (Å²) in [5.74, 6) is -0.0120. The summed E-state index contributed by atoms with van der Waals surface area (Å²) in [5.41, 5.74) is 1.01. The van der Waals surface area contributed by atoms with Gasteiger partial charge in [0.25, 0.3) is 0 Å². The van der Waals surface area contributed by atoms with Gasteiger partial charge < -0.3 is 5.32 Å². The lowest BCUT2D eigenvalue weighted by atomic mass is 10.2. The highest BCUT2D eigenvalue weighted by atomic mass is 32.2. The molecule has 0 spiro atoms. The van der Waals surface area contributed by atoms with Crippen molar-refractivity contribution in [2.75, 3.05) is 12.3 Å². The van der Waals surface area contributed by atoms with Crippen LogP contribution in [0.4, 0.5) is 0 Å². The van der Waals surface area contributed by atoms with Crippen molar-refractivity contribution in [3.8, 4) is 0 Å². The molecule has 0 aliphatic heterocycles. The number of hydrogen-bond acceptors (Lipinski definition) is 3. The fourth-order valence-corrected chi connectivity index (χ4v) is 2.74. The summed E-state index contributed by atoms with van der Waals surface area (Å²) >= 11 is 0. The van der Waals surface area contributed by atoms with Crippen LogP contribution in [0.1, 0.15) is 25.8 Å². The molecule has 0 atom stereocenters. The highest BCUT2D eigenvalue weighted by molar-refractivity contribution is 7.91. The van der Waals surface area contributed by atoms with Crippen molar-refractivity contribution in [1.82, 2.24) is 5.32 Å². The van der Waals surface area contributed by atoms with Crippen LogP contribution in [0.25, 0.3) is 0 Å². The number of benzene rings is 1. The molecule has 0 saturated carbocycles. The van der Waals surface area contributed by atoms with Gasteiger partial charge in [0.2, 0.25) is 5.91 Å². The fraction of sp³-hybridized carbons (Fsp3) is 0.500. The second kappa shape index (κ2) is 6.70. The summed E-state index contributed by atoms with van der Waals surface area (Å²) in [6, 6.07) is 6.67. The Labute approximate surface area is 115 Å². The zero-order valence-corrected chi connectivity index (χ0v) is 12.5. The van der Waals surface area contributed by atoms with Gasteiger partial charge in [-0.3, -0.25) is 4.79 Å². The molecule has 0 saturated heterocycles. The van der Waals surface area contributed by atoms with Gasteiger partial charge in [-0.05, 0) is 25.0 Å². The zero-order chi connectivity index (χ0) is 14.5. The number of rotatable bonds is 6. The van der Waals surface area contributed by atoms with Crippen molar-refractivity contribution >= 4 is 15.7 Å². The number of hydrogen-bond donors (Lipinski definition) is 1. The monoisotopic (exact) mass is 283 g/mol. The van der Waals surface area contributed by atoms with Crippen molar-refractivity contribution in [1.29, 1.82) is 0 Å². The van der Waals surface area contributed by atoms with Gasteiger partial charge in [-0.25, -0.2) is 8.42 Å². The van der Waals surface area contributed by atoms with Crippen LogP contribution >= 0.6 is 0 Å². The Morgan fingerprint density at radius 1 is 1.21 bits per heavy atom. The zero-order valence-electron chi connectivity index (χ0n) is 11.6. The van der Waals surface area contributed by atoms with Crippen LogP contribution in [-0.2, 0) is 14.6 Å². The number of sulfone groups is 1. The van der Waals surface area contributed by atoms with Gasteiger partial charge in [-0.15, -0.1) is 0 Å². The van der Waals surface area contributed by atoms with Gasteiger partial charge in [0, 0.05) is 13.0 Å². The summed E-state index contributed by atoms with van der Waals surface area (Å²) in [6.45, 7) is 6.45. The van der Waals surface area contributed by atoms with E-state index in [1.165, 1.54) is 0 Å². The van der Waals surface area contributed by atoms with E-state index in [2.05, 4.69) is 5.32 Å². The van der Waals surface area contributed by atoms with Gasteiger partial charge in [0.1, 0.15) is 0 Å². The van der Waals surface area contributed by atoms with E-state index in [4.69, 9.17) is 0 Å². The smallest absolute Gasteiger partial charge is 0.221 e. The second-order valence-electron chi connectivity index (χ2n) is 5.08. The maximum absolute atomic E-state index is 12.0. The molecule has 0 radical (unpaired) electrons. The average Bonchev–Trinajstić information content (AvgIpc) is 2.34. The number of nitrogens with one attached hydrogen (secondary N) is 1. The van der Waals surface area contributed by atoms with Crippen LogP contribution in [0.2, 0.25) is 0 Å². The third-order valence-corrected chi connectivity index (χ3v) is 4.42. The van der Waals surface area contributed by atoms with Crippen LogP contribution < -0.4 is 5.32 Å². The summed E-state index contributed by atoms with van der Waals surface area (Å²) in [7, 11) is -3.37. The van der Waals surface area contributed by atoms with E-state index in [1.807, 2.05) is 20.8 Å². The third-order valence-electron chi connectivity index (χ3n) is 2.69. The molecule has 19 heavy (non-hydrogen) atoms. The Morgan fingerprint density at radius 2 is 1.79 bits per heavy atom. The molecular formula is C14H21NO3S. The Hall–Kier alpha value is -1.36. The lowest BCUT2D eigenvalue weighted by Crippen LogP contribution is -2.28. The lowest BCUT2D eigenvalue weighted by Gasteiger charge is -2.08. The first kappa shape index (κ1) is 15.7. The van der Waals surface area contributed by atoms with Crippen LogP contribution in [0.15, 0.2) is 29.2 Å². The van der Waals surface area contributed by atoms with Gasteiger partial charge in [-0.1, -0.05) is 31.5 Å². The van der Waals surface area contributed by atoms with Gasteiger partial charge in [0.05, 0.1) is 10.6 Å². The molecule has 1 aromatic rings. The Morgan fingerprint density at radius 3 is 2.32 bits per heavy atom. The minimum atomic E-state index is -3.37. The highest BCUT2D eigenvalue weighted by Crippen LogP contribution is 2.12. The Balaban J connectivity index is 2.56. The number of carbonyl (C=O) groups is 1. The summed E-state index contributed by atoms with van der Waals surface area (Å²) in [6.07, 6.45) is 0.00291. The van der Waals surface area contributed by atoms with E-state index >= 15 is 0 Å². The van der Waals surface area contributed by atoms with Gasteiger partial charge >= 0.3 is 0 Å². The number of amides is 1. The van der Waals surface area contributed by atoms with Crippen molar-refractivity contribution in [2.24, 2.45) is 5.92 Å². The number of aryl methyl sites for hydroxylation is 1. The molecule has 0 aromatic heterocycles. The number of carbonyl (C=O) groups excluding carboxylic acids is 1. The minimum absolute atomic E-state index is 0.00291. The predicted molar refractivity (Wildman–Crippen MR) is 75.7 cm³/mol. The third kappa shape index (κ3) is 5.42. The van der Waals surface area contributed by atoms with Crippen molar-refractivity contribution < 1.29 is 13.2 Å². The van der Waals surface area contributed by atoms with E-state index in [0.29, 0.717) is 12.5 Å². The average molecular weight is 283 g/mol. The van der Waals surface area contributed by atoms with Crippen LogP contribution in [0, 0.1) is 12.8 Å². The topological polar surface area (TPSA) is 63.2 Å². The molecule has 1 aromatic carbocycles. The van der Waals surface area contributed by atoms with Gasteiger partial charge in [0.15, 0.2) is 9.84 Å². The molecule has 0 heterocycles. The Kier molecular flexibility index (Phi) is 5.54. The van der Waals surface area contributed by atoms with Crippen LogP contribution in [0.5, 0.6) is 0 Å². The first-order valence-electron chi connectivity index (χ1n) is 6.37. The first-order chi connectivity index (χ1) is 8.81. The van der Waals surface area contributed by atoms with E-state index in [1.54, 1.807) is 24.3 Å². The van der Waals surface area contributed by atoms with Crippen molar-refractivity contribution in [2.45, 2.75) is 32.1 Å². The standard InChI is InChI=1S/C14H21NO3S/c1-11(2)10-15-14(16)8-9-19(17,18)13-6-4-12(3)5-7-13/h4-7,11H,8-10H2,1-3H3,(H,15,16). The molecule has 5 heteroatoms. The molecule has 0 aliphatic rings. The van der Waals surface area contributed by atoms with E-state index < -0.39 is 9.84 Å². The fourth-order valence-electron chi connectivity index (χ4n) is 1.50. The van der Waals surface area contributed by atoms with E-state index in [0.717, 1.165) is 5.56 Å². The van der Waals surface area contributed by atoms with E-state index in [-0.39, 0.29) is 23.0 Å². The van der Waals surface area contributed by atoms with Crippen LogP contribution in [0.3, 0.4) is 0 Å². The predicted octanol–water partition coefficient (Wildman–Crippen LogP) is 1.93. The quantitative estimate of drug-likeness (QED) is 0.867. The molecule has 4 nitrogen and oxygen atoms in total. The SMILES string of the molecule is Cc1ccc(S(=O)(=O)CCC(=O)NCC(C)C)cc1. The van der Waals surface area contributed by atoms with Crippen molar-refractivity contribution in [3.63, 3.8) is 0 Å². The molecule has 106 valence electrons. The second-order valence-corrected chi connectivity index (χ2v) is 7.19. The van der Waals surface area contributed by atoms with Crippen molar-refractivity contribution in [3.05, 3.63) is 29.8 Å². The maximum Gasteiger partial charge on any atom is 0.221 e. The molecule has 0 unspecified atom stereocenters. The largest absolute Gasteiger partial charge is 0.356 e. The van der Waals surface area contributed by atoms with E-state index in [9.17, 15) is 13.2 Å². The molecule has 0 bridgehead atoms. The normalized spacial score (nSPS) is 11.6. The van der Waals surface area contributed by atoms with Gasteiger partial charge in [-0.2, -0.15) is 0 Å². The highest BCUT2D eigenvalue weighted by Gasteiger charge is 2.16. The summed E-state index contributed by atoms with van der Waals surface area (Å²) in [4.78, 5) is 11.8. The maximum atomic E-state index is 12.0. The molecule has 1 amide bonds. The lowest BCUT2D eigenvalue weighted by molar-refractivity contribution is -0.120. The molecule has 1 N–H and O–H groups in total. The first-order valence-corrected chi connectivity index (χ1v) is 8.02. The summed E-state index contributed by atoms with van der Waals surface area (Å²) < 4.78 is 24.0. The summed E-state index contributed by atoms with van der Waals surface area (Å²) in [5, 5.41) is 2.71. The molecule has 0 aliphatic carbocycles. The van der Waals surface area contributed by atoms with Crippen LogP contribution in [-0.4, -0.2) is 26.6 Å². The molecular weight excluding hydrogens is 262 g/mol.